The summed E-state index contributed by atoms with van der Waals surface area (Å²) in [5.74, 6) is 0. The highest BCUT2D eigenvalue weighted by molar-refractivity contribution is 9.10. The van der Waals surface area contributed by atoms with E-state index in [2.05, 4.69) is 15.9 Å². The Labute approximate surface area is 109 Å². The number of nitrogen functional groups attached to an aromatic ring is 1. The summed E-state index contributed by atoms with van der Waals surface area (Å²) in [5.41, 5.74) is 9.21. The molecule has 0 aliphatic rings. The number of hydrogen-bond donors (Lipinski definition) is 2. The van der Waals surface area contributed by atoms with Gasteiger partial charge < -0.3 is 10.8 Å². The van der Waals surface area contributed by atoms with Crippen LogP contribution in [0.25, 0.3) is 0 Å². The average molecular weight is 292 g/mol. The molecular formula is C14H14BrNO. The smallest absolute Gasteiger partial charge is 0.106 e. The number of aliphatic hydroxyl groups excluding tert-OH is 1. The van der Waals surface area contributed by atoms with Gasteiger partial charge in [-0.15, -0.1) is 0 Å². The first-order chi connectivity index (χ1) is 8.09. The molecule has 88 valence electrons. The summed E-state index contributed by atoms with van der Waals surface area (Å²) >= 11 is 3.39. The van der Waals surface area contributed by atoms with Crippen LogP contribution in [0.4, 0.5) is 5.69 Å². The Hall–Kier alpha value is -1.32. The van der Waals surface area contributed by atoms with Crippen molar-refractivity contribution < 1.29 is 5.11 Å². The zero-order valence-electron chi connectivity index (χ0n) is 9.52. The molecule has 0 aliphatic heterocycles. The first-order valence-corrected chi connectivity index (χ1v) is 6.17. The zero-order chi connectivity index (χ0) is 12.4. The number of nitrogens with two attached hydrogens (primary N) is 1. The summed E-state index contributed by atoms with van der Waals surface area (Å²) < 4.78 is 0.945. The molecule has 2 aromatic carbocycles. The van der Waals surface area contributed by atoms with Gasteiger partial charge in [-0.1, -0.05) is 46.3 Å². The molecule has 0 bridgehead atoms. The number of rotatable bonds is 2. The Bertz CT molecular complexity index is 539. The van der Waals surface area contributed by atoms with Crippen molar-refractivity contribution in [2.24, 2.45) is 0 Å². The molecule has 0 radical (unpaired) electrons. The quantitative estimate of drug-likeness (QED) is 0.833. The summed E-state index contributed by atoms with van der Waals surface area (Å²) in [5, 5.41) is 10.3. The van der Waals surface area contributed by atoms with Gasteiger partial charge >= 0.3 is 0 Å². The third-order valence-electron chi connectivity index (χ3n) is 2.82. The van der Waals surface area contributed by atoms with Crippen molar-refractivity contribution in [3.8, 4) is 0 Å². The summed E-state index contributed by atoms with van der Waals surface area (Å²) in [6.07, 6.45) is -0.688. The SMILES string of the molecule is Cc1cccc(C(O)c2cccc(Br)c2)c1N. The standard InChI is InChI=1S/C14H14BrNO/c1-9-4-2-7-12(13(9)16)14(17)10-5-3-6-11(15)8-10/h2-8,14,17H,16H2,1H3. The van der Waals surface area contributed by atoms with Crippen LogP contribution in [-0.4, -0.2) is 5.11 Å². The Kier molecular flexibility index (Phi) is 3.50. The van der Waals surface area contributed by atoms with E-state index in [0.717, 1.165) is 21.2 Å². The molecule has 3 heteroatoms. The maximum absolute atomic E-state index is 10.3. The maximum atomic E-state index is 10.3. The van der Waals surface area contributed by atoms with Crippen LogP contribution >= 0.6 is 15.9 Å². The Morgan fingerprint density at radius 1 is 1.18 bits per heavy atom. The van der Waals surface area contributed by atoms with Gasteiger partial charge in [0.1, 0.15) is 6.10 Å². The molecule has 0 aliphatic carbocycles. The van der Waals surface area contributed by atoms with E-state index in [0.29, 0.717) is 5.69 Å². The fourth-order valence-electron chi connectivity index (χ4n) is 1.80. The number of para-hydroxylation sites is 1. The monoisotopic (exact) mass is 291 g/mol. The van der Waals surface area contributed by atoms with Gasteiger partial charge in [-0.05, 0) is 30.2 Å². The van der Waals surface area contributed by atoms with Gasteiger partial charge in [-0.3, -0.25) is 0 Å². The van der Waals surface area contributed by atoms with E-state index in [4.69, 9.17) is 5.73 Å². The number of aryl methyl sites for hydroxylation is 1. The van der Waals surface area contributed by atoms with Crippen molar-refractivity contribution in [1.29, 1.82) is 0 Å². The lowest BCUT2D eigenvalue weighted by atomic mass is 9.98. The summed E-state index contributed by atoms with van der Waals surface area (Å²) in [7, 11) is 0. The minimum Gasteiger partial charge on any atom is -0.398 e. The number of benzene rings is 2. The van der Waals surface area contributed by atoms with E-state index < -0.39 is 6.10 Å². The molecule has 1 unspecified atom stereocenters. The van der Waals surface area contributed by atoms with Gasteiger partial charge in [-0.25, -0.2) is 0 Å². The molecule has 0 spiro atoms. The van der Waals surface area contributed by atoms with E-state index in [9.17, 15) is 5.11 Å². The Balaban J connectivity index is 2.44. The predicted octanol–water partition coefficient (Wildman–Crippen LogP) is 3.42. The highest BCUT2D eigenvalue weighted by Crippen LogP contribution is 2.29. The Morgan fingerprint density at radius 3 is 2.59 bits per heavy atom. The van der Waals surface area contributed by atoms with Crippen LogP contribution in [0.2, 0.25) is 0 Å². The second-order valence-electron chi connectivity index (χ2n) is 4.04. The van der Waals surface area contributed by atoms with Crippen molar-refractivity contribution in [2.75, 3.05) is 5.73 Å². The zero-order valence-corrected chi connectivity index (χ0v) is 11.1. The molecule has 0 heterocycles. The van der Waals surface area contributed by atoms with Crippen LogP contribution in [0.5, 0.6) is 0 Å². The number of aliphatic hydroxyl groups is 1. The van der Waals surface area contributed by atoms with E-state index >= 15 is 0 Å². The molecule has 3 N–H and O–H groups in total. The van der Waals surface area contributed by atoms with E-state index in [1.807, 2.05) is 49.4 Å². The van der Waals surface area contributed by atoms with Crippen molar-refractivity contribution in [3.63, 3.8) is 0 Å². The fourth-order valence-corrected chi connectivity index (χ4v) is 2.21. The van der Waals surface area contributed by atoms with Gasteiger partial charge in [0.15, 0.2) is 0 Å². The number of hydrogen-bond acceptors (Lipinski definition) is 2. The van der Waals surface area contributed by atoms with Crippen molar-refractivity contribution in [1.82, 2.24) is 0 Å². The first-order valence-electron chi connectivity index (χ1n) is 5.38. The topological polar surface area (TPSA) is 46.2 Å². The molecule has 2 rings (SSSR count). The van der Waals surface area contributed by atoms with Crippen molar-refractivity contribution >= 4 is 21.6 Å². The summed E-state index contributed by atoms with van der Waals surface area (Å²) in [4.78, 5) is 0. The lowest BCUT2D eigenvalue weighted by Gasteiger charge is -2.15. The lowest BCUT2D eigenvalue weighted by Crippen LogP contribution is -2.05. The van der Waals surface area contributed by atoms with Crippen molar-refractivity contribution in [2.45, 2.75) is 13.0 Å². The molecular weight excluding hydrogens is 278 g/mol. The highest BCUT2D eigenvalue weighted by Gasteiger charge is 2.14. The van der Waals surface area contributed by atoms with Gasteiger partial charge in [0.25, 0.3) is 0 Å². The molecule has 2 nitrogen and oxygen atoms in total. The summed E-state index contributed by atoms with van der Waals surface area (Å²) in [6, 6.07) is 13.3. The molecule has 0 amide bonds. The third kappa shape index (κ3) is 2.51. The second-order valence-corrected chi connectivity index (χ2v) is 4.95. The predicted molar refractivity (Wildman–Crippen MR) is 73.8 cm³/mol. The normalized spacial score (nSPS) is 12.4. The first kappa shape index (κ1) is 12.1. The second kappa shape index (κ2) is 4.90. The van der Waals surface area contributed by atoms with Crippen LogP contribution in [-0.2, 0) is 0 Å². The van der Waals surface area contributed by atoms with Gasteiger partial charge in [0, 0.05) is 15.7 Å². The van der Waals surface area contributed by atoms with E-state index in [-0.39, 0.29) is 0 Å². The van der Waals surface area contributed by atoms with Crippen LogP contribution in [0.3, 0.4) is 0 Å². The molecule has 0 fully saturated rings. The van der Waals surface area contributed by atoms with Gasteiger partial charge in [0.2, 0.25) is 0 Å². The molecule has 1 atom stereocenters. The lowest BCUT2D eigenvalue weighted by molar-refractivity contribution is 0.221. The van der Waals surface area contributed by atoms with Gasteiger partial charge in [0.05, 0.1) is 0 Å². The number of anilines is 1. The van der Waals surface area contributed by atoms with Crippen molar-refractivity contribution in [3.05, 3.63) is 63.6 Å². The van der Waals surface area contributed by atoms with Crippen LogP contribution in [0.1, 0.15) is 22.8 Å². The fraction of sp³-hybridized carbons (Fsp3) is 0.143. The van der Waals surface area contributed by atoms with Gasteiger partial charge in [-0.2, -0.15) is 0 Å². The highest BCUT2D eigenvalue weighted by atomic mass is 79.9. The molecule has 0 saturated carbocycles. The van der Waals surface area contributed by atoms with Crippen LogP contribution in [0.15, 0.2) is 46.9 Å². The molecule has 0 saturated heterocycles. The van der Waals surface area contributed by atoms with E-state index in [1.165, 1.54) is 0 Å². The minimum atomic E-state index is -0.688. The molecule has 2 aromatic rings. The molecule has 17 heavy (non-hydrogen) atoms. The largest absolute Gasteiger partial charge is 0.398 e. The summed E-state index contributed by atoms with van der Waals surface area (Å²) in [6.45, 7) is 1.94. The maximum Gasteiger partial charge on any atom is 0.106 e. The average Bonchev–Trinajstić information content (AvgIpc) is 2.32. The van der Waals surface area contributed by atoms with Crippen LogP contribution in [0, 0.1) is 6.92 Å². The van der Waals surface area contributed by atoms with Crippen LogP contribution < -0.4 is 5.73 Å². The number of halogens is 1. The third-order valence-corrected chi connectivity index (χ3v) is 3.31. The molecule has 0 aromatic heterocycles. The van der Waals surface area contributed by atoms with E-state index in [1.54, 1.807) is 0 Å². The minimum absolute atomic E-state index is 0.653. The Morgan fingerprint density at radius 2 is 1.88 bits per heavy atom.